The van der Waals surface area contributed by atoms with E-state index in [9.17, 15) is 0 Å². The Balaban J connectivity index is 1.04. The van der Waals surface area contributed by atoms with Crippen LogP contribution in [-0.4, -0.2) is 4.40 Å². The quantitative estimate of drug-likeness (QED) is 0.169. The first-order valence-electron chi connectivity index (χ1n) is 20.2. The summed E-state index contributed by atoms with van der Waals surface area (Å²) in [6.07, 6.45) is 2.24. The SMILES string of the molecule is c1ccc(-c2c3cccc(-c4ccc(N(c5ccc(-c6cccc7ccccc67)cc5)c5cccc6oc7ccccc7c56)cc4)c3n3ccc4ccccc4c23)cc1. The number of hydrogen-bond acceptors (Lipinski definition) is 2. The van der Waals surface area contributed by atoms with E-state index in [1.807, 2.05) is 6.07 Å². The molecule has 12 rings (SSSR count). The maximum absolute atomic E-state index is 6.42. The largest absolute Gasteiger partial charge is 0.456 e. The van der Waals surface area contributed by atoms with Crippen LogP contribution in [0.3, 0.4) is 0 Å². The third kappa shape index (κ3) is 5.29. The minimum Gasteiger partial charge on any atom is -0.456 e. The zero-order chi connectivity index (χ0) is 38.9. The fourth-order valence-electron chi connectivity index (χ4n) is 9.35. The van der Waals surface area contributed by atoms with Crippen molar-refractivity contribution in [1.82, 2.24) is 4.40 Å². The van der Waals surface area contributed by atoms with E-state index in [-0.39, 0.29) is 0 Å². The number of hydrogen-bond donors (Lipinski definition) is 0. The van der Waals surface area contributed by atoms with E-state index in [2.05, 4.69) is 222 Å². The highest BCUT2D eigenvalue weighted by atomic mass is 16.3. The van der Waals surface area contributed by atoms with Crippen LogP contribution in [-0.2, 0) is 0 Å². The number of furan rings is 1. The molecule has 276 valence electrons. The normalized spacial score (nSPS) is 11.7. The number of pyridine rings is 1. The lowest BCUT2D eigenvalue weighted by molar-refractivity contribution is 0.669. The molecule has 0 radical (unpaired) electrons. The zero-order valence-corrected chi connectivity index (χ0v) is 32.1. The molecule has 12 aromatic rings. The summed E-state index contributed by atoms with van der Waals surface area (Å²) in [7, 11) is 0. The number of benzene rings is 9. The zero-order valence-electron chi connectivity index (χ0n) is 32.1. The molecule has 0 aliphatic heterocycles. The molecule has 0 unspecified atom stereocenters. The van der Waals surface area contributed by atoms with Crippen LogP contribution in [0.15, 0.2) is 223 Å². The number of para-hydroxylation sites is 2. The second-order valence-electron chi connectivity index (χ2n) is 15.3. The highest BCUT2D eigenvalue weighted by Gasteiger charge is 2.22. The molecule has 3 nitrogen and oxygen atoms in total. The van der Waals surface area contributed by atoms with Crippen LogP contribution in [0, 0.1) is 0 Å². The molecule has 3 heterocycles. The molecule has 0 amide bonds. The molecule has 59 heavy (non-hydrogen) atoms. The second-order valence-corrected chi connectivity index (χ2v) is 15.3. The fourth-order valence-corrected chi connectivity index (χ4v) is 9.35. The molecule has 0 aliphatic carbocycles. The van der Waals surface area contributed by atoms with Crippen molar-refractivity contribution in [3.63, 3.8) is 0 Å². The lowest BCUT2D eigenvalue weighted by Gasteiger charge is -2.27. The molecule has 0 aliphatic rings. The maximum Gasteiger partial charge on any atom is 0.137 e. The summed E-state index contributed by atoms with van der Waals surface area (Å²) >= 11 is 0. The van der Waals surface area contributed by atoms with Crippen molar-refractivity contribution in [2.45, 2.75) is 0 Å². The smallest absolute Gasteiger partial charge is 0.137 e. The van der Waals surface area contributed by atoms with Crippen LogP contribution < -0.4 is 4.90 Å². The topological polar surface area (TPSA) is 20.8 Å². The Labute approximate surface area is 341 Å². The van der Waals surface area contributed by atoms with Gasteiger partial charge in [-0.2, -0.15) is 0 Å². The van der Waals surface area contributed by atoms with Crippen LogP contribution in [0.1, 0.15) is 0 Å². The lowest BCUT2D eigenvalue weighted by atomic mass is 9.97. The van der Waals surface area contributed by atoms with Crippen molar-refractivity contribution >= 4 is 77.0 Å². The lowest BCUT2D eigenvalue weighted by Crippen LogP contribution is -2.10. The van der Waals surface area contributed by atoms with E-state index in [4.69, 9.17) is 4.42 Å². The Morgan fingerprint density at radius 1 is 0.356 bits per heavy atom. The maximum atomic E-state index is 6.42. The summed E-state index contributed by atoms with van der Waals surface area (Å²) in [5.41, 5.74) is 14.6. The molecule has 0 spiro atoms. The second kappa shape index (κ2) is 13.4. The molecule has 0 saturated heterocycles. The van der Waals surface area contributed by atoms with Gasteiger partial charge in [-0.15, -0.1) is 0 Å². The third-order valence-electron chi connectivity index (χ3n) is 12.0. The van der Waals surface area contributed by atoms with E-state index < -0.39 is 0 Å². The average Bonchev–Trinajstić information content (AvgIpc) is 3.87. The van der Waals surface area contributed by atoms with E-state index >= 15 is 0 Å². The summed E-state index contributed by atoms with van der Waals surface area (Å²) in [5, 5.41) is 8.39. The van der Waals surface area contributed by atoms with Gasteiger partial charge in [-0.25, -0.2) is 0 Å². The van der Waals surface area contributed by atoms with Crippen molar-refractivity contribution in [3.8, 4) is 33.4 Å². The average molecular weight is 753 g/mol. The summed E-state index contributed by atoms with van der Waals surface area (Å²) in [6.45, 7) is 0. The minimum atomic E-state index is 0.867. The first-order chi connectivity index (χ1) is 29.3. The first-order valence-corrected chi connectivity index (χ1v) is 20.2. The summed E-state index contributed by atoms with van der Waals surface area (Å²) in [5.74, 6) is 0. The Kier molecular flexibility index (Phi) is 7.54. The van der Waals surface area contributed by atoms with Gasteiger partial charge in [-0.05, 0) is 86.9 Å². The van der Waals surface area contributed by atoms with Gasteiger partial charge in [0.25, 0.3) is 0 Å². The standard InChI is InChI=1S/C56H36N2O/c1-2-15-41(16-3-1)53-49-23-11-22-46(55(49)57-36-35-38-14-5-7-19-47(38)56(53)57)40-29-33-43(34-30-40)58(50-24-12-26-52-54(50)48-20-8-9-25-51(48)59-52)42-31-27-39(28-32-42)45-21-10-17-37-13-4-6-18-44(37)45/h1-36H. The van der Waals surface area contributed by atoms with Crippen molar-refractivity contribution in [3.05, 3.63) is 219 Å². The van der Waals surface area contributed by atoms with Crippen molar-refractivity contribution in [2.24, 2.45) is 0 Å². The van der Waals surface area contributed by atoms with Gasteiger partial charge in [-0.3, -0.25) is 0 Å². The molecule has 9 aromatic carbocycles. The summed E-state index contributed by atoms with van der Waals surface area (Å²) in [4.78, 5) is 2.37. The van der Waals surface area contributed by atoms with E-state index in [0.29, 0.717) is 0 Å². The number of nitrogens with zero attached hydrogens (tertiary/aromatic N) is 2. The molecular weight excluding hydrogens is 717 g/mol. The van der Waals surface area contributed by atoms with Crippen LogP contribution in [0.2, 0.25) is 0 Å². The molecule has 0 N–H and O–H groups in total. The molecule has 0 saturated carbocycles. The third-order valence-corrected chi connectivity index (χ3v) is 12.0. The van der Waals surface area contributed by atoms with Gasteiger partial charge in [0.1, 0.15) is 11.2 Å². The van der Waals surface area contributed by atoms with Gasteiger partial charge in [0.15, 0.2) is 0 Å². The summed E-state index contributed by atoms with van der Waals surface area (Å²) < 4.78 is 8.82. The minimum absolute atomic E-state index is 0.867. The van der Waals surface area contributed by atoms with Crippen molar-refractivity contribution in [1.29, 1.82) is 0 Å². The van der Waals surface area contributed by atoms with Gasteiger partial charge in [0.05, 0.1) is 22.1 Å². The Morgan fingerprint density at radius 2 is 0.915 bits per heavy atom. The Morgan fingerprint density at radius 3 is 1.69 bits per heavy atom. The number of fused-ring (bicyclic) bond motifs is 9. The molecule has 0 bridgehead atoms. The van der Waals surface area contributed by atoms with Crippen LogP contribution >= 0.6 is 0 Å². The number of anilines is 3. The molecule has 3 heteroatoms. The van der Waals surface area contributed by atoms with Crippen molar-refractivity contribution < 1.29 is 4.42 Å². The van der Waals surface area contributed by atoms with Crippen LogP contribution in [0.25, 0.3) is 93.3 Å². The van der Waals surface area contributed by atoms with Crippen LogP contribution in [0.4, 0.5) is 17.1 Å². The van der Waals surface area contributed by atoms with Crippen LogP contribution in [0.5, 0.6) is 0 Å². The molecular formula is C56H36N2O. The number of aromatic nitrogens is 1. The van der Waals surface area contributed by atoms with Gasteiger partial charge in [0, 0.05) is 44.9 Å². The molecule has 0 fully saturated rings. The van der Waals surface area contributed by atoms with E-state index in [0.717, 1.165) is 44.6 Å². The van der Waals surface area contributed by atoms with Gasteiger partial charge >= 0.3 is 0 Å². The Hall–Kier alpha value is -7.88. The predicted octanol–water partition coefficient (Wildman–Crippen LogP) is 15.8. The first kappa shape index (κ1) is 33.3. The Bertz CT molecular complexity index is 3540. The fraction of sp³-hybridized carbons (Fsp3) is 0. The van der Waals surface area contributed by atoms with E-state index in [1.54, 1.807) is 0 Å². The predicted molar refractivity (Wildman–Crippen MR) is 248 cm³/mol. The molecule has 0 atom stereocenters. The molecule has 3 aromatic heterocycles. The van der Waals surface area contributed by atoms with Gasteiger partial charge in [0.2, 0.25) is 0 Å². The van der Waals surface area contributed by atoms with E-state index in [1.165, 1.54) is 65.8 Å². The van der Waals surface area contributed by atoms with Crippen molar-refractivity contribution in [2.75, 3.05) is 4.90 Å². The number of rotatable bonds is 6. The highest BCUT2D eigenvalue weighted by Crippen LogP contribution is 2.46. The monoisotopic (exact) mass is 752 g/mol. The van der Waals surface area contributed by atoms with Gasteiger partial charge < -0.3 is 13.7 Å². The highest BCUT2D eigenvalue weighted by molar-refractivity contribution is 6.17. The van der Waals surface area contributed by atoms with Gasteiger partial charge in [-0.1, -0.05) is 164 Å². The summed E-state index contributed by atoms with van der Waals surface area (Å²) in [6, 6.07) is 76.4.